The standard InChI is InChI=1S/C18H19F2NO4/c1-13-5-3-4-6-15(13)23-9-10-24-21-12-14-7-8-16(25-18(19)20)17(11-14)22-2/h3-8,11-12,18H,9-10H2,1-2H3/b21-12+. The lowest BCUT2D eigenvalue weighted by atomic mass is 10.2. The molecule has 0 amide bonds. The van der Waals surface area contributed by atoms with Crippen LogP contribution in [0.2, 0.25) is 0 Å². The highest BCUT2D eigenvalue weighted by Crippen LogP contribution is 2.28. The third-order valence-electron chi connectivity index (χ3n) is 3.21. The van der Waals surface area contributed by atoms with Crippen LogP contribution in [0, 0.1) is 6.92 Å². The molecule has 0 aliphatic carbocycles. The van der Waals surface area contributed by atoms with Crippen LogP contribution in [0.1, 0.15) is 11.1 Å². The van der Waals surface area contributed by atoms with E-state index < -0.39 is 6.61 Å². The average molecular weight is 351 g/mol. The predicted octanol–water partition coefficient (Wildman–Crippen LogP) is 4.03. The largest absolute Gasteiger partial charge is 0.493 e. The zero-order valence-electron chi connectivity index (χ0n) is 13.9. The van der Waals surface area contributed by atoms with Crippen molar-refractivity contribution in [2.75, 3.05) is 20.3 Å². The van der Waals surface area contributed by atoms with Gasteiger partial charge in [-0.15, -0.1) is 0 Å². The van der Waals surface area contributed by atoms with E-state index in [0.717, 1.165) is 11.3 Å². The molecule has 2 aromatic rings. The number of benzene rings is 2. The summed E-state index contributed by atoms with van der Waals surface area (Å²) in [6.45, 7) is -0.324. The maximum atomic E-state index is 12.3. The summed E-state index contributed by atoms with van der Waals surface area (Å²) in [5.41, 5.74) is 1.67. The van der Waals surface area contributed by atoms with Crippen LogP contribution in [0.3, 0.4) is 0 Å². The summed E-state index contributed by atoms with van der Waals surface area (Å²) < 4.78 is 39.5. The van der Waals surface area contributed by atoms with Crippen molar-refractivity contribution in [2.24, 2.45) is 5.16 Å². The van der Waals surface area contributed by atoms with Gasteiger partial charge in [-0.3, -0.25) is 0 Å². The van der Waals surface area contributed by atoms with Gasteiger partial charge < -0.3 is 19.0 Å². The molecule has 0 bridgehead atoms. The van der Waals surface area contributed by atoms with Crippen LogP contribution in [-0.4, -0.2) is 33.1 Å². The summed E-state index contributed by atoms with van der Waals surface area (Å²) in [5, 5.41) is 3.81. The Balaban J connectivity index is 1.80. The molecule has 0 aliphatic rings. The van der Waals surface area contributed by atoms with Gasteiger partial charge in [-0.2, -0.15) is 8.78 Å². The average Bonchev–Trinajstić information content (AvgIpc) is 2.60. The third-order valence-corrected chi connectivity index (χ3v) is 3.21. The van der Waals surface area contributed by atoms with E-state index in [0.29, 0.717) is 12.2 Å². The Kier molecular flexibility index (Phi) is 7.00. The highest BCUT2D eigenvalue weighted by molar-refractivity contribution is 5.80. The van der Waals surface area contributed by atoms with Crippen molar-refractivity contribution in [3.63, 3.8) is 0 Å². The highest BCUT2D eigenvalue weighted by Gasteiger charge is 2.10. The molecule has 7 heteroatoms. The highest BCUT2D eigenvalue weighted by atomic mass is 19.3. The number of nitrogens with zero attached hydrogens (tertiary/aromatic N) is 1. The fourth-order valence-corrected chi connectivity index (χ4v) is 2.02. The molecular weight excluding hydrogens is 332 g/mol. The van der Waals surface area contributed by atoms with E-state index in [-0.39, 0.29) is 18.1 Å². The van der Waals surface area contributed by atoms with Crippen LogP contribution in [0.5, 0.6) is 17.2 Å². The number of ether oxygens (including phenoxy) is 3. The number of hydrogen-bond donors (Lipinski definition) is 0. The van der Waals surface area contributed by atoms with Gasteiger partial charge in [0.15, 0.2) is 18.1 Å². The molecule has 0 saturated carbocycles. The van der Waals surface area contributed by atoms with E-state index in [1.54, 1.807) is 6.07 Å². The molecule has 0 aliphatic heterocycles. The first-order valence-electron chi connectivity index (χ1n) is 7.56. The fraction of sp³-hybridized carbons (Fsp3) is 0.278. The maximum Gasteiger partial charge on any atom is 0.387 e. The van der Waals surface area contributed by atoms with Crippen LogP contribution < -0.4 is 14.2 Å². The summed E-state index contributed by atoms with van der Waals surface area (Å²) in [6.07, 6.45) is 1.45. The minimum Gasteiger partial charge on any atom is -0.493 e. The summed E-state index contributed by atoms with van der Waals surface area (Å²) in [5.74, 6) is 0.948. The summed E-state index contributed by atoms with van der Waals surface area (Å²) in [4.78, 5) is 5.12. The van der Waals surface area contributed by atoms with Gasteiger partial charge >= 0.3 is 6.61 Å². The van der Waals surface area contributed by atoms with Gasteiger partial charge in [0.2, 0.25) is 0 Å². The lowest BCUT2D eigenvalue weighted by Gasteiger charge is -2.10. The summed E-state index contributed by atoms with van der Waals surface area (Å²) >= 11 is 0. The molecule has 0 fully saturated rings. The fourth-order valence-electron chi connectivity index (χ4n) is 2.02. The number of halogens is 2. The first-order chi connectivity index (χ1) is 12.1. The van der Waals surface area contributed by atoms with Gasteiger partial charge in [-0.25, -0.2) is 0 Å². The van der Waals surface area contributed by atoms with Crippen LogP contribution in [0.4, 0.5) is 8.78 Å². The van der Waals surface area contributed by atoms with Crippen molar-refractivity contribution < 1.29 is 27.8 Å². The molecule has 0 atom stereocenters. The molecule has 134 valence electrons. The number of para-hydroxylation sites is 1. The summed E-state index contributed by atoms with van der Waals surface area (Å²) in [7, 11) is 1.37. The van der Waals surface area contributed by atoms with Gasteiger partial charge in [0.05, 0.1) is 13.3 Å². The maximum absolute atomic E-state index is 12.3. The zero-order chi connectivity index (χ0) is 18.1. The van der Waals surface area contributed by atoms with Crippen molar-refractivity contribution in [2.45, 2.75) is 13.5 Å². The normalized spacial score (nSPS) is 10.9. The van der Waals surface area contributed by atoms with E-state index in [2.05, 4.69) is 9.89 Å². The van der Waals surface area contributed by atoms with Gasteiger partial charge in [0.1, 0.15) is 12.4 Å². The van der Waals surface area contributed by atoms with Crippen molar-refractivity contribution in [1.82, 2.24) is 0 Å². The monoisotopic (exact) mass is 351 g/mol. The topological polar surface area (TPSA) is 49.3 Å². The number of hydrogen-bond acceptors (Lipinski definition) is 5. The SMILES string of the molecule is COc1cc(/C=N/OCCOc2ccccc2C)ccc1OC(F)F. The quantitative estimate of drug-likeness (QED) is 0.389. The molecule has 0 radical (unpaired) electrons. The molecule has 2 rings (SSSR count). The van der Waals surface area contributed by atoms with Crippen LogP contribution in [0.15, 0.2) is 47.6 Å². The van der Waals surface area contributed by atoms with Crippen molar-refractivity contribution >= 4 is 6.21 Å². The number of aryl methyl sites for hydroxylation is 1. The Labute approximate surface area is 144 Å². The first kappa shape index (κ1) is 18.5. The Morgan fingerprint density at radius 3 is 2.56 bits per heavy atom. The molecule has 25 heavy (non-hydrogen) atoms. The Hall–Kier alpha value is -2.83. The van der Waals surface area contributed by atoms with E-state index in [1.165, 1.54) is 25.5 Å². The second-order valence-corrected chi connectivity index (χ2v) is 4.97. The number of alkyl halides is 2. The second kappa shape index (κ2) is 9.46. The van der Waals surface area contributed by atoms with Gasteiger partial charge in [-0.05, 0) is 36.8 Å². The molecule has 0 unspecified atom stereocenters. The number of rotatable bonds is 9. The second-order valence-electron chi connectivity index (χ2n) is 4.97. The van der Waals surface area contributed by atoms with Crippen LogP contribution >= 0.6 is 0 Å². The summed E-state index contributed by atoms with van der Waals surface area (Å²) in [6, 6.07) is 12.2. The Bertz CT molecular complexity index is 707. The zero-order valence-corrected chi connectivity index (χ0v) is 13.9. The first-order valence-corrected chi connectivity index (χ1v) is 7.56. The predicted molar refractivity (Wildman–Crippen MR) is 89.8 cm³/mol. The lowest BCUT2D eigenvalue weighted by Crippen LogP contribution is -2.05. The van der Waals surface area contributed by atoms with Gasteiger partial charge in [0, 0.05) is 5.56 Å². The molecule has 0 spiro atoms. The Morgan fingerprint density at radius 1 is 1.04 bits per heavy atom. The van der Waals surface area contributed by atoms with Crippen molar-refractivity contribution in [3.8, 4) is 17.2 Å². The number of methoxy groups -OCH3 is 1. The van der Waals surface area contributed by atoms with Crippen molar-refractivity contribution in [1.29, 1.82) is 0 Å². The van der Waals surface area contributed by atoms with Crippen LogP contribution in [-0.2, 0) is 4.84 Å². The molecule has 2 aromatic carbocycles. The molecule has 0 N–H and O–H groups in total. The van der Waals surface area contributed by atoms with Gasteiger partial charge in [-0.1, -0.05) is 23.4 Å². The molecule has 0 saturated heterocycles. The number of oxime groups is 1. The van der Waals surface area contributed by atoms with Gasteiger partial charge in [0.25, 0.3) is 0 Å². The van der Waals surface area contributed by atoms with Crippen LogP contribution in [0.25, 0.3) is 0 Å². The minimum atomic E-state index is -2.91. The third kappa shape index (κ3) is 5.95. The van der Waals surface area contributed by atoms with E-state index in [4.69, 9.17) is 14.3 Å². The van der Waals surface area contributed by atoms with E-state index in [1.807, 2.05) is 31.2 Å². The van der Waals surface area contributed by atoms with Crippen molar-refractivity contribution in [3.05, 3.63) is 53.6 Å². The Morgan fingerprint density at radius 2 is 1.84 bits per heavy atom. The molecule has 5 nitrogen and oxygen atoms in total. The molecular formula is C18H19F2NO4. The minimum absolute atomic E-state index is 0.0396. The van der Waals surface area contributed by atoms with E-state index >= 15 is 0 Å². The molecule has 0 heterocycles. The molecule has 0 aromatic heterocycles. The smallest absolute Gasteiger partial charge is 0.387 e. The lowest BCUT2D eigenvalue weighted by molar-refractivity contribution is -0.0512. The van der Waals surface area contributed by atoms with E-state index in [9.17, 15) is 8.78 Å².